The molecule has 0 radical (unpaired) electrons. The second-order valence-corrected chi connectivity index (χ2v) is 6.46. The first kappa shape index (κ1) is 18.2. The maximum atomic E-state index is 12.8. The first-order valence-corrected chi connectivity index (χ1v) is 8.87. The van der Waals surface area contributed by atoms with Crippen LogP contribution in [-0.2, 0) is 4.79 Å². The quantitative estimate of drug-likeness (QED) is 0.423. The Morgan fingerprint density at radius 2 is 1.67 bits per heavy atom. The van der Waals surface area contributed by atoms with Gasteiger partial charge in [-0.25, -0.2) is 4.39 Å². The zero-order valence-electron chi connectivity index (χ0n) is 13.3. The van der Waals surface area contributed by atoms with Crippen molar-refractivity contribution in [2.75, 3.05) is 12.3 Å². The van der Waals surface area contributed by atoms with E-state index in [2.05, 4.69) is 5.32 Å². The van der Waals surface area contributed by atoms with E-state index in [0.29, 0.717) is 12.1 Å². The van der Waals surface area contributed by atoms with Crippen LogP contribution in [0.4, 0.5) is 4.39 Å². The van der Waals surface area contributed by atoms with Crippen LogP contribution >= 0.6 is 11.8 Å². The van der Waals surface area contributed by atoms with E-state index in [1.165, 1.54) is 12.1 Å². The molecule has 0 atom stereocenters. The van der Waals surface area contributed by atoms with Crippen LogP contribution < -0.4 is 5.32 Å². The van der Waals surface area contributed by atoms with Crippen LogP contribution in [0.2, 0.25) is 0 Å². The van der Waals surface area contributed by atoms with Gasteiger partial charge in [0.25, 0.3) is 0 Å². The SMILES string of the molecule is O=C(CCC(=O)c1ccccc1)NCCCSc1ccc(F)cc1. The van der Waals surface area contributed by atoms with Gasteiger partial charge in [0, 0.05) is 29.8 Å². The topological polar surface area (TPSA) is 46.2 Å². The third-order valence-corrected chi connectivity index (χ3v) is 4.50. The number of nitrogens with one attached hydrogen (secondary N) is 1. The summed E-state index contributed by atoms with van der Waals surface area (Å²) in [7, 11) is 0. The van der Waals surface area contributed by atoms with Crippen LogP contribution in [0.15, 0.2) is 59.5 Å². The summed E-state index contributed by atoms with van der Waals surface area (Å²) in [6.45, 7) is 0.576. The molecule has 126 valence electrons. The molecular formula is C19H20FNO2S. The van der Waals surface area contributed by atoms with Gasteiger partial charge >= 0.3 is 0 Å². The van der Waals surface area contributed by atoms with E-state index in [0.717, 1.165) is 17.1 Å². The number of thioether (sulfide) groups is 1. The molecule has 0 fully saturated rings. The van der Waals surface area contributed by atoms with Crippen molar-refractivity contribution >= 4 is 23.5 Å². The molecular weight excluding hydrogens is 325 g/mol. The number of amides is 1. The maximum absolute atomic E-state index is 12.8. The molecule has 0 saturated heterocycles. The summed E-state index contributed by atoms with van der Waals surface area (Å²) < 4.78 is 12.8. The van der Waals surface area contributed by atoms with Crippen molar-refractivity contribution < 1.29 is 14.0 Å². The highest BCUT2D eigenvalue weighted by Crippen LogP contribution is 2.18. The van der Waals surface area contributed by atoms with Crippen molar-refractivity contribution in [3.8, 4) is 0 Å². The van der Waals surface area contributed by atoms with Crippen LogP contribution in [0.1, 0.15) is 29.6 Å². The van der Waals surface area contributed by atoms with Crippen LogP contribution in [0.25, 0.3) is 0 Å². The zero-order valence-corrected chi connectivity index (χ0v) is 14.2. The van der Waals surface area contributed by atoms with Crippen LogP contribution in [0, 0.1) is 5.82 Å². The minimum absolute atomic E-state index is 0.0161. The van der Waals surface area contributed by atoms with Crippen LogP contribution in [0.3, 0.4) is 0 Å². The molecule has 0 spiro atoms. The van der Waals surface area contributed by atoms with Crippen molar-refractivity contribution in [3.05, 3.63) is 66.0 Å². The number of halogens is 1. The first-order valence-electron chi connectivity index (χ1n) is 7.88. The van der Waals surface area contributed by atoms with Gasteiger partial charge in [0.1, 0.15) is 5.82 Å². The van der Waals surface area contributed by atoms with Gasteiger partial charge in [0.05, 0.1) is 0 Å². The number of carbonyl (C=O) groups is 2. The molecule has 24 heavy (non-hydrogen) atoms. The predicted molar refractivity (Wildman–Crippen MR) is 94.8 cm³/mol. The van der Waals surface area contributed by atoms with Crippen LogP contribution in [-0.4, -0.2) is 24.0 Å². The average molecular weight is 345 g/mol. The number of ketones is 1. The van der Waals surface area contributed by atoms with Gasteiger partial charge in [0.15, 0.2) is 5.78 Å². The highest BCUT2D eigenvalue weighted by molar-refractivity contribution is 7.99. The highest BCUT2D eigenvalue weighted by atomic mass is 32.2. The number of carbonyl (C=O) groups excluding carboxylic acids is 2. The van der Waals surface area contributed by atoms with E-state index in [1.54, 1.807) is 36.0 Å². The third kappa shape index (κ3) is 6.54. The Balaban J connectivity index is 1.56. The molecule has 0 aliphatic rings. The van der Waals surface area contributed by atoms with Gasteiger partial charge < -0.3 is 5.32 Å². The molecule has 0 aromatic heterocycles. The summed E-state index contributed by atoms with van der Waals surface area (Å²) in [6, 6.07) is 15.4. The molecule has 0 saturated carbocycles. The monoisotopic (exact) mass is 345 g/mol. The van der Waals surface area contributed by atoms with Crippen molar-refractivity contribution in [3.63, 3.8) is 0 Å². The number of rotatable bonds is 9. The molecule has 0 aliphatic carbocycles. The molecule has 3 nitrogen and oxygen atoms in total. The van der Waals surface area contributed by atoms with E-state index < -0.39 is 0 Å². The highest BCUT2D eigenvalue weighted by Gasteiger charge is 2.08. The Bertz CT molecular complexity index is 659. The molecule has 5 heteroatoms. The lowest BCUT2D eigenvalue weighted by atomic mass is 10.1. The number of hydrogen-bond acceptors (Lipinski definition) is 3. The second-order valence-electron chi connectivity index (χ2n) is 5.30. The Kier molecular flexibility index (Phi) is 7.49. The van der Waals surface area contributed by atoms with Crippen molar-refractivity contribution in [2.45, 2.75) is 24.2 Å². The molecule has 1 amide bonds. The minimum Gasteiger partial charge on any atom is -0.356 e. The second kappa shape index (κ2) is 9.88. The lowest BCUT2D eigenvalue weighted by Crippen LogP contribution is -2.25. The average Bonchev–Trinajstić information content (AvgIpc) is 2.61. The molecule has 0 aliphatic heterocycles. The fourth-order valence-corrected chi connectivity index (χ4v) is 2.96. The van der Waals surface area contributed by atoms with Gasteiger partial charge in [-0.05, 0) is 36.4 Å². The third-order valence-electron chi connectivity index (χ3n) is 3.40. The summed E-state index contributed by atoms with van der Waals surface area (Å²) in [5.41, 5.74) is 0.640. The molecule has 2 aromatic carbocycles. The summed E-state index contributed by atoms with van der Waals surface area (Å²) in [4.78, 5) is 24.6. The smallest absolute Gasteiger partial charge is 0.220 e. The molecule has 2 aromatic rings. The molecule has 0 unspecified atom stereocenters. The Morgan fingerprint density at radius 3 is 2.38 bits per heavy atom. The van der Waals surface area contributed by atoms with Gasteiger partial charge in [-0.15, -0.1) is 11.8 Å². The van der Waals surface area contributed by atoms with Crippen LogP contribution in [0.5, 0.6) is 0 Å². The van der Waals surface area contributed by atoms with Gasteiger partial charge in [-0.3, -0.25) is 9.59 Å². The molecule has 0 bridgehead atoms. The number of hydrogen-bond donors (Lipinski definition) is 1. The Hall–Kier alpha value is -2.14. The predicted octanol–water partition coefficient (Wildman–Crippen LogP) is 4.09. The fraction of sp³-hybridized carbons (Fsp3) is 0.263. The number of Topliss-reactive ketones (excluding diaryl/α,β-unsaturated/α-hetero) is 1. The van der Waals surface area contributed by atoms with Gasteiger partial charge in [-0.1, -0.05) is 30.3 Å². The van der Waals surface area contributed by atoms with Crippen molar-refractivity contribution in [1.82, 2.24) is 5.32 Å². The summed E-state index contributed by atoms with van der Waals surface area (Å²) >= 11 is 1.62. The molecule has 0 heterocycles. The Labute approximate surface area is 145 Å². The van der Waals surface area contributed by atoms with Gasteiger partial charge in [0.2, 0.25) is 5.91 Å². The van der Waals surface area contributed by atoms with Crippen molar-refractivity contribution in [1.29, 1.82) is 0 Å². The molecule has 1 N–H and O–H groups in total. The lowest BCUT2D eigenvalue weighted by Gasteiger charge is -2.05. The standard InChI is InChI=1S/C19H20FNO2S/c20-16-7-9-17(10-8-16)24-14-4-13-21-19(23)12-11-18(22)15-5-2-1-3-6-15/h1-3,5-10H,4,11-14H2,(H,21,23). The lowest BCUT2D eigenvalue weighted by molar-refractivity contribution is -0.121. The van der Waals surface area contributed by atoms with E-state index in [9.17, 15) is 14.0 Å². The fourth-order valence-electron chi connectivity index (χ4n) is 2.10. The first-order chi connectivity index (χ1) is 11.6. The normalized spacial score (nSPS) is 10.4. The van der Waals surface area contributed by atoms with Crippen molar-refractivity contribution in [2.24, 2.45) is 0 Å². The van der Waals surface area contributed by atoms with E-state index in [-0.39, 0.29) is 30.3 Å². The maximum Gasteiger partial charge on any atom is 0.220 e. The van der Waals surface area contributed by atoms with E-state index >= 15 is 0 Å². The summed E-state index contributed by atoms with van der Waals surface area (Å²) in [5.74, 6) is 0.481. The summed E-state index contributed by atoms with van der Waals surface area (Å²) in [5, 5.41) is 2.82. The molecule has 2 rings (SSSR count). The Morgan fingerprint density at radius 1 is 0.958 bits per heavy atom. The van der Waals surface area contributed by atoms with E-state index in [1.807, 2.05) is 18.2 Å². The zero-order chi connectivity index (χ0) is 17.2. The number of benzene rings is 2. The van der Waals surface area contributed by atoms with E-state index in [4.69, 9.17) is 0 Å². The minimum atomic E-state index is -0.239. The largest absolute Gasteiger partial charge is 0.356 e. The summed E-state index contributed by atoms with van der Waals surface area (Å²) in [6.07, 6.45) is 1.25. The van der Waals surface area contributed by atoms with Gasteiger partial charge in [-0.2, -0.15) is 0 Å².